The van der Waals surface area contributed by atoms with E-state index in [1.807, 2.05) is 13.8 Å². The molecule has 0 spiro atoms. The summed E-state index contributed by atoms with van der Waals surface area (Å²) in [5.41, 5.74) is -0.284. The van der Waals surface area contributed by atoms with Crippen molar-refractivity contribution in [2.24, 2.45) is 7.05 Å². The van der Waals surface area contributed by atoms with E-state index in [2.05, 4.69) is 9.97 Å². The highest BCUT2D eigenvalue weighted by Crippen LogP contribution is 2.08. The summed E-state index contributed by atoms with van der Waals surface area (Å²) in [6, 6.07) is 0. The lowest BCUT2D eigenvalue weighted by atomic mass is 10.5. The number of nitrogens with zero attached hydrogens (tertiary/aromatic N) is 3. The van der Waals surface area contributed by atoms with Crippen LogP contribution in [0.25, 0.3) is 11.2 Å². The summed E-state index contributed by atoms with van der Waals surface area (Å²) in [5, 5.41) is 0. The van der Waals surface area contributed by atoms with Gasteiger partial charge in [-0.2, -0.15) is 0 Å². The van der Waals surface area contributed by atoms with E-state index in [0.29, 0.717) is 30.9 Å². The molecule has 0 aliphatic heterocycles. The van der Waals surface area contributed by atoms with Gasteiger partial charge in [0.2, 0.25) is 0 Å². The van der Waals surface area contributed by atoms with Gasteiger partial charge in [-0.05, 0) is 13.8 Å². The SMILES string of the molecule is CCOC(Cn1cnc2c1c(=O)[nH]c(=O)n2C)OCC. The van der Waals surface area contributed by atoms with Crippen LogP contribution in [-0.2, 0) is 23.1 Å². The molecule has 2 aromatic heterocycles. The smallest absolute Gasteiger partial charge is 0.329 e. The molecule has 0 aliphatic carbocycles. The number of aryl methyl sites for hydroxylation is 1. The number of H-pyrrole nitrogens is 1. The summed E-state index contributed by atoms with van der Waals surface area (Å²) in [4.78, 5) is 29.8. The first-order valence-electron chi connectivity index (χ1n) is 6.45. The number of fused-ring (bicyclic) bond motifs is 1. The Morgan fingerprint density at radius 3 is 2.55 bits per heavy atom. The molecule has 0 unspecified atom stereocenters. The van der Waals surface area contributed by atoms with Crippen molar-refractivity contribution in [1.29, 1.82) is 0 Å². The molecule has 2 rings (SSSR count). The summed E-state index contributed by atoms with van der Waals surface area (Å²) < 4.78 is 13.8. The maximum Gasteiger partial charge on any atom is 0.329 e. The van der Waals surface area contributed by atoms with Crippen molar-refractivity contribution in [2.75, 3.05) is 13.2 Å². The van der Waals surface area contributed by atoms with Gasteiger partial charge in [0, 0.05) is 20.3 Å². The minimum absolute atomic E-state index is 0.330. The maximum absolute atomic E-state index is 11.9. The predicted octanol–water partition coefficient (Wildman–Crippen LogP) is -0.178. The van der Waals surface area contributed by atoms with Gasteiger partial charge in [-0.1, -0.05) is 0 Å². The fraction of sp³-hybridized carbons (Fsp3) is 0.583. The molecular formula is C12H18N4O4. The van der Waals surface area contributed by atoms with E-state index >= 15 is 0 Å². The van der Waals surface area contributed by atoms with Gasteiger partial charge in [-0.15, -0.1) is 0 Å². The van der Waals surface area contributed by atoms with Gasteiger partial charge in [-0.3, -0.25) is 14.3 Å². The topological polar surface area (TPSA) is 91.1 Å². The molecule has 0 amide bonds. The van der Waals surface area contributed by atoms with E-state index in [0.717, 1.165) is 0 Å². The van der Waals surface area contributed by atoms with Crippen LogP contribution >= 0.6 is 0 Å². The summed E-state index contributed by atoms with van der Waals surface area (Å²) >= 11 is 0. The standard InChI is InChI=1S/C12H18N4O4/c1-4-19-8(20-5-2)6-16-7-13-10-9(16)11(17)14-12(18)15(10)3/h7-8H,4-6H2,1-3H3,(H,14,17,18). The highest BCUT2D eigenvalue weighted by Gasteiger charge is 2.15. The van der Waals surface area contributed by atoms with Crippen LogP contribution in [-0.4, -0.2) is 38.6 Å². The highest BCUT2D eigenvalue weighted by atomic mass is 16.7. The minimum Gasteiger partial charge on any atom is -0.351 e. The van der Waals surface area contributed by atoms with Crippen molar-refractivity contribution in [1.82, 2.24) is 19.1 Å². The lowest BCUT2D eigenvalue weighted by Crippen LogP contribution is -2.30. The van der Waals surface area contributed by atoms with Gasteiger partial charge in [-0.25, -0.2) is 9.78 Å². The Bertz CT molecular complexity index is 694. The fourth-order valence-electron chi connectivity index (χ4n) is 2.01. The Labute approximate surface area is 115 Å². The molecular weight excluding hydrogens is 264 g/mol. The van der Waals surface area contributed by atoms with Crippen molar-refractivity contribution in [3.63, 3.8) is 0 Å². The van der Waals surface area contributed by atoms with Crippen LogP contribution in [0.4, 0.5) is 0 Å². The average molecular weight is 282 g/mol. The molecule has 110 valence electrons. The van der Waals surface area contributed by atoms with E-state index in [1.165, 1.54) is 10.9 Å². The van der Waals surface area contributed by atoms with E-state index in [1.54, 1.807) is 11.6 Å². The van der Waals surface area contributed by atoms with Crippen LogP contribution in [0, 0.1) is 0 Å². The second-order valence-corrected chi connectivity index (χ2v) is 4.23. The van der Waals surface area contributed by atoms with Gasteiger partial charge in [0.15, 0.2) is 17.5 Å². The number of imidazole rings is 1. The van der Waals surface area contributed by atoms with Crippen molar-refractivity contribution in [3.05, 3.63) is 27.2 Å². The average Bonchev–Trinajstić information content (AvgIpc) is 2.81. The number of hydrogen-bond acceptors (Lipinski definition) is 5. The van der Waals surface area contributed by atoms with Gasteiger partial charge in [0.25, 0.3) is 5.56 Å². The van der Waals surface area contributed by atoms with Crippen molar-refractivity contribution < 1.29 is 9.47 Å². The summed E-state index contributed by atoms with van der Waals surface area (Å²) in [7, 11) is 1.56. The van der Waals surface area contributed by atoms with Gasteiger partial charge >= 0.3 is 5.69 Å². The number of rotatable bonds is 6. The number of hydrogen-bond donors (Lipinski definition) is 1. The van der Waals surface area contributed by atoms with E-state index < -0.39 is 17.5 Å². The van der Waals surface area contributed by atoms with Crippen LogP contribution < -0.4 is 11.2 Å². The molecule has 0 aliphatic rings. The second kappa shape index (κ2) is 6.02. The van der Waals surface area contributed by atoms with Crippen LogP contribution in [0.5, 0.6) is 0 Å². The third kappa shape index (κ3) is 2.66. The van der Waals surface area contributed by atoms with Crippen molar-refractivity contribution >= 4 is 11.2 Å². The molecule has 8 heteroatoms. The molecule has 2 heterocycles. The van der Waals surface area contributed by atoms with Gasteiger partial charge < -0.3 is 14.0 Å². The van der Waals surface area contributed by atoms with E-state index in [4.69, 9.17) is 9.47 Å². The Balaban J connectivity index is 2.43. The Kier molecular flexibility index (Phi) is 4.35. The maximum atomic E-state index is 11.9. The number of nitrogens with one attached hydrogen (secondary N) is 1. The van der Waals surface area contributed by atoms with Crippen LogP contribution in [0.1, 0.15) is 13.8 Å². The normalized spacial score (nSPS) is 11.6. The quantitative estimate of drug-likeness (QED) is 0.742. The minimum atomic E-state index is -0.487. The zero-order valence-electron chi connectivity index (χ0n) is 11.8. The third-order valence-electron chi connectivity index (χ3n) is 2.93. The molecule has 2 aromatic rings. The number of ether oxygens (including phenoxy) is 2. The molecule has 0 saturated heterocycles. The third-order valence-corrected chi connectivity index (χ3v) is 2.93. The Hall–Kier alpha value is -1.93. The predicted molar refractivity (Wildman–Crippen MR) is 72.6 cm³/mol. The van der Waals surface area contributed by atoms with Gasteiger partial charge in [0.05, 0.1) is 12.9 Å². The first-order chi connectivity index (χ1) is 9.58. The van der Waals surface area contributed by atoms with Crippen LogP contribution in [0.3, 0.4) is 0 Å². The fourth-order valence-corrected chi connectivity index (χ4v) is 2.01. The molecule has 1 N–H and O–H groups in total. The van der Waals surface area contributed by atoms with Crippen LogP contribution in [0.2, 0.25) is 0 Å². The second-order valence-electron chi connectivity index (χ2n) is 4.23. The van der Waals surface area contributed by atoms with E-state index in [9.17, 15) is 9.59 Å². The first kappa shape index (κ1) is 14.5. The summed E-state index contributed by atoms with van der Waals surface area (Å²) in [5.74, 6) is 0. The molecule has 20 heavy (non-hydrogen) atoms. The first-order valence-corrected chi connectivity index (χ1v) is 6.45. The summed E-state index contributed by atoms with van der Waals surface area (Å²) in [6.45, 7) is 5.08. The lowest BCUT2D eigenvalue weighted by molar-refractivity contribution is -0.143. The zero-order valence-corrected chi connectivity index (χ0v) is 11.8. The molecule has 0 radical (unpaired) electrons. The van der Waals surface area contributed by atoms with Crippen LogP contribution in [0.15, 0.2) is 15.9 Å². The summed E-state index contributed by atoms with van der Waals surface area (Å²) in [6.07, 6.45) is 1.05. The lowest BCUT2D eigenvalue weighted by Gasteiger charge is -2.17. The number of aromatic amines is 1. The number of aromatic nitrogens is 4. The molecule has 0 atom stereocenters. The Morgan fingerprint density at radius 1 is 1.30 bits per heavy atom. The van der Waals surface area contributed by atoms with Crippen molar-refractivity contribution in [3.8, 4) is 0 Å². The largest absolute Gasteiger partial charge is 0.351 e. The molecule has 0 fully saturated rings. The van der Waals surface area contributed by atoms with Gasteiger partial charge in [0.1, 0.15) is 0 Å². The van der Waals surface area contributed by atoms with E-state index in [-0.39, 0.29) is 0 Å². The molecule has 0 aromatic carbocycles. The monoisotopic (exact) mass is 282 g/mol. The highest BCUT2D eigenvalue weighted by molar-refractivity contribution is 5.69. The zero-order chi connectivity index (χ0) is 14.7. The molecule has 0 bridgehead atoms. The van der Waals surface area contributed by atoms with Crippen molar-refractivity contribution in [2.45, 2.75) is 26.7 Å². The Morgan fingerprint density at radius 2 is 1.95 bits per heavy atom. The molecule has 0 saturated carbocycles. The molecule has 8 nitrogen and oxygen atoms in total.